The molecule has 3 heterocycles. The third-order valence-electron chi connectivity index (χ3n) is 4.32. The van der Waals surface area contributed by atoms with Gasteiger partial charge in [-0.05, 0) is 30.2 Å². The summed E-state index contributed by atoms with van der Waals surface area (Å²) in [6.07, 6.45) is 4.85. The molecule has 2 N–H and O–H groups in total. The third kappa shape index (κ3) is 2.38. The molecule has 0 spiro atoms. The van der Waals surface area contributed by atoms with Crippen LogP contribution in [0.4, 0.5) is 11.5 Å². The van der Waals surface area contributed by atoms with E-state index in [1.54, 1.807) is 24.1 Å². The predicted molar refractivity (Wildman–Crippen MR) is 90.1 cm³/mol. The fourth-order valence-corrected chi connectivity index (χ4v) is 2.96. The Bertz CT molecular complexity index is 924. The lowest BCUT2D eigenvalue weighted by molar-refractivity contribution is 0.0781. The normalized spacial score (nSPS) is 16.2. The number of aromatic nitrogens is 2. The number of carbonyl (C=O) groups excluding carboxylic acids is 2. The maximum Gasteiger partial charge on any atom is 0.271 e. The first-order valence-corrected chi connectivity index (χ1v) is 7.72. The Morgan fingerprint density at radius 3 is 2.88 bits per heavy atom. The summed E-state index contributed by atoms with van der Waals surface area (Å²) in [4.78, 5) is 36.0. The van der Waals surface area contributed by atoms with Crippen molar-refractivity contribution in [1.29, 1.82) is 0 Å². The van der Waals surface area contributed by atoms with Gasteiger partial charge < -0.3 is 15.4 Å². The number of nitrogens with two attached hydrogens (primary N) is 1. The Hall–Kier alpha value is -3.42. The highest BCUT2D eigenvalue weighted by Crippen LogP contribution is 2.30. The molecule has 2 aromatic rings. The highest BCUT2D eigenvalue weighted by atomic mass is 16.5. The van der Waals surface area contributed by atoms with Crippen molar-refractivity contribution in [2.45, 2.75) is 6.42 Å². The summed E-state index contributed by atoms with van der Waals surface area (Å²) < 4.78 is 5.36. The van der Waals surface area contributed by atoms with Gasteiger partial charge in [0.25, 0.3) is 11.8 Å². The third-order valence-corrected chi connectivity index (χ3v) is 4.32. The van der Waals surface area contributed by atoms with Crippen LogP contribution in [0, 0.1) is 0 Å². The van der Waals surface area contributed by atoms with Crippen molar-refractivity contribution < 1.29 is 14.3 Å². The van der Waals surface area contributed by atoms with Gasteiger partial charge in [-0.25, -0.2) is 9.97 Å². The molecule has 0 bridgehead atoms. The first kappa shape index (κ1) is 15.1. The van der Waals surface area contributed by atoms with Crippen LogP contribution in [0.15, 0.2) is 37.0 Å². The van der Waals surface area contributed by atoms with Crippen LogP contribution in [0.3, 0.4) is 0 Å². The van der Waals surface area contributed by atoms with Gasteiger partial charge in [0.2, 0.25) is 5.88 Å². The van der Waals surface area contributed by atoms with E-state index in [0.717, 1.165) is 12.0 Å². The minimum Gasteiger partial charge on any atom is -0.444 e. The molecular formula is C17H15N5O3. The zero-order valence-corrected chi connectivity index (χ0v) is 13.5. The van der Waals surface area contributed by atoms with Crippen LogP contribution in [0.1, 0.15) is 26.3 Å². The van der Waals surface area contributed by atoms with Crippen molar-refractivity contribution in [3.05, 3.63) is 53.7 Å². The molecule has 4 rings (SSSR count). The van der Waals surface area contributed by atoms with E-state index in [1.165, 1.54) is 23.7 Å². The summed E-state index contributed by atoms with van der Waals surface area (Å²) >= 11 is 0. The van der Waals surface area contributed by atoms with E-state index in [-0.39, 0.29) is 29.1 Å². The second-order valence-corrected chi connectivity index (χ2v) is 5.84. The summed E-state index contributed by atoms with van der Waals surface area (Å²) in [6.45, 7) is 0.645. The van der Waals surface area contributed by atoms with Gasteiger partial charge in [0, 0.05) is 31.0 Å². The van der Waals surface area contributed by atoms with Crippen molar-refractivity contribution >= 4 is 23.3 Å². The molecule has 25 heavy (non-hydrogen) atoms. The first-order valence-electron chi connectivity index (χ1n) is 7.72. The van der Waals surface area contributed by atoms with E-state index >= 15 is 0 Å². The average molecular weight is 337 g/mol. The number of ether oxygens (including phenoxy) is 1. The number of likely N-dealkylation sites (N-methyl/N-ethyl adjacent to an activating group) is 1. The molecule has 0 fully saturated rings. The topological polar surface area (TPSA) is 102 Å². The van der Waals surface area contributed by atoms with Crippen LogP contribution in [0.5, 0.6) is 5.88 Å². The Kier molecular flexibility index (Phi) is 3.38. The molecule has 0 radical (unpaired) electrons. The lowest BCUT2D eigenvalue weighted by Crippen LogP contribution is -2.34. The zero-order valence-electron chi connectivity index (χ0n) is 13.5. The van der Waals surface area contributed by atoms with Crippen LogP contribution in [-0.4, -0.2) is 40.3 Å². The zero-order chi connectivity index (χ0) is 17.6. The molecule has 1 aromatic carbocycles. The molecule has 1 aromatic heterocycles. The fourth-order valence-electron chi connectivity index (χ4n) is 2.96. The largest absolute Gasteiger partial charge is 0.444 e. The first-order chi connectivity index (χ1) is 12.1. The SMILES string of the molecule is CN1CCc2cc(N3C=COc4ncnc(N)c4C3=O)ccc2C1=O. The number of nitrogens with zero attached hydrogens (tertiary/aromatic N) is 4. The second-order valence-electron chi connectivity index (χ2n) is 5.84. The number of nitrogen functional groups attached to an aromatic ring is 1. The van der Waals surface area contributed by atoms with Crippen molar-refractivity contribution in [3.63, 3.8) is 0 Å². The molecule has 8 nitrogen and oxygen atoms in total. The monoisotopic (exact) mass is 337 g/mol. The number of amides is 2. The Morgan fingerprint density at radius 1 is 1.20 bits per heavy atom. The van der Waals surface area contributed by atoms with Crippen LogP contribution in [-0.2, 0) is 6.42 Å². The number of fused-ring (bicyclic) bond motifs is 2. The minimum atomic E-state index is -0.388. The van der Waals surface area contributed by atoms with Gasteiger partial charge in [-0.15, -0.1) is 0 Å². The van der Waals surface area contributed by atoms with Gasteiger partial charge in [0.15, 0.2) is 0 Å². The average Bonchev–Trinajstić information content (AvgIpc) is 2.78. The Labute approximate surface area is 143 Å². The van der Waals surface area contributed by atoms with Gasteiger partial charge in [-0.3, -0.25) is 14.5 Å². The van der Waals surface area contributed by atoms with Crippen molar-refractivity contribution in [2.75, 3.05) is 24.2 Å². The van der Waals surface area contributed by atoms with Crippen molar-refractivity contribution in [2.24, 2.45) is 0 Å². The number of benzene rings is 1. The molecule has 0 saturated heterocycles. The highest BCUT2D eigenvalue weighted by Gasteiger charge is 2.28. The maximum absolute atomic E-state index is 12.9. The molecule has 2 aliphatic heterocycles. The predicted octanol–water partition coefficient (Wildman–Crippen LogP) is 1.20. The lowest BCUT2D eigenvalue weighted by atomic mass is 9.98. The number of rotatable bonds is 1. The smallest absolute Gasteiger partial charge is 0.271 e. The summed E-state index contributed by atoms with van der Waals surface area (Å²) in [5.41, 5.74) is 8.13. The van der Waals surface area contributed by atoms with Crippen molar-refractivity contribution in [1.82, 2.24) is 14.9 Å². The van der Waals surface area contributed by atoms with E-state index in [9.17, 15) is 9.59 Å². The van der Waals surface area contributed by atoms with E-state index in [4.69, 9.17) is 10.5 Å². The molecule has 0 aliphatic carbocycles. The summed E-state index contributed by atoms with van der Waals surface area (Å²) in [5, 5.41) is 0. The standard InChI is InChI=1S/C17H15N5O3/c1-21-5-4-10-8-11(2-3-12(10)16(21)23)22-6-7-25-15-13(17(22)24)14(18)19-9-20-15/h2-3,6-9H,4-5H2,1H3,(H2,18,19,20). The van der Waals surface area contributed by atoms with Crippen LogP contribution < -0.4 is 15.4 Å². The number of hydrogen-bond donors (Lipinski definition) is 1. The molecule has 0 unspecified atom stereocenters. The Morgan fingerprint density at radius 2 is 2.04 bits per heavy atom. The van der Waals surface area contributed by atoms with Gasteiger partial charge in [0.1, 0.15) is 24.0 Å². The quantitative estimate of drug-likeness (QED) is 0.839. The van der Waals surface area contributed by atoms with E-state index in [1.807, 2.05) is 6.07 Å². The van der Waals surface area contributed by atoms with E-state index < -0.39 is 0 Å². The number of anilines is 2. The maximum atomic E-state index is 12.9. The molecule has 2 amide bonds. The minimum absolute atomic E-state index is 0.0168. The van der Waals surface area contributed by atoms with Gasteiger partial charge in [0.05, 0.1) is 0 Å². The van der Waals surface area contributed by atoms with Gasteiger partial charge >= 0.3 is 0 Å². The number of carbonyl (C=O) groups is 2. The van der Waals surface area contributed by atoms with Gasteiger partial charge in [-0.1, -0.05) is 0 Å². The van der Waals surface area contributed by atoms with Crippen LogP contribution >= 0.6 is 0 Å². The molecule has 0 saturated carbocycles. The van der Waals surface area contributed by atoms with E-state index in [0.29, 0.717) is 17.8 Å². The lowest BCUT2D eigenvalue weighted by Gasteiger charge is -2.26. The molecule has 8 heteroatoms. The van der Waals surface area contributed by atoms with Gasteiger partial charge in [-0.2, -0.15) is 0 Å². The Balaban J connectivity index is 1.77. The highest BCUT2D eigenvalue weighted by molar-refractivity contribution is 6.12. The van der Waals surface area contributed by atoms with Crippen LogP contribution in [0.2, 0.25) is 0 Å². The molecule has 0 atom stereocenters. The molecular weight excluding hydrogens is 322 g/mol. The van der Waals surface area contributed by atoms with E-state index in [2.05, 4.69) is 9.97 Å². The summed E-state index contributed by atoms with van der Waals surface area (Å²) in [6, 6.07) is 5.30. The fraction of sp³-hybridized carbons (Fsp3) is 0.176. The van der Waals surface area contributed by atoms with Crippen molar-refractivity contribution in [3.8, 4) is 5.88 Å². The second kappa shape index (κ2) is 5.59. The van der Waals surface area contributed by atoms with Crippen LogP contribution in [0.25, 0.3) is 0 Å². The summed E-state index contributed by atoms with van der Waals surface area (Å²) in [7, 11) is 1.78. The molecule has 126 valence electrons. The number of hydrogen-bond acceptors (Lipinski definition) is 6. The molecule has 2 aliphatic rings. The summed E-state index contributed by atoms with van der Waals surface area (Å²) in [5.74, 6) is -0.234.